The van der Waals surface area contributed by atoms with E-state index in [0.29, 0.717) is 6.42 Å². The molecule has 0 aromatic heterocycles. The molecule has 3 heteroatoms. The lowest BCUT2D eigenvalue weighted by Crippen LogP contribution is -1.93. The van der Waals surface area contributed by atoms with Gasteiger partial charge in [0.25, 0.3) is 0 Å². The molecule has 0 radical (unpaired) electrons. The summed E-state index contributed by atoms with van der Waals surface area (Å²) in [4.78, 5) is 10.6. The van der Waals surface area contributed by atoms with Gasteiger partial charge in [-0.1, -0.05) is 6.92 Å². The van der Waals surface area contributed by atoms with Crippen LogP contribution in [0.4, 0.5) is 0 Å². The van der Waals surface area contributed by atoms with Gasteiger partial charge in [-0.25, -0.2) is 0 Å². The first-order chi connectivity index (χ1) is 3.48. The van der Waals surface area contributed by atoms with Gasteiger partial charge in [0.15, 0.2) is 5.52 Å². The molecule has 0 aromatic rings. The average Bonchev–Trinajstić information content (AvgIpc) is 1.62. The highest BCUT2D eigenvalue weighted by atomic mass is 31.2. The predicted molar refractivity (Wildman–Crippen MR) is 34.8 cm³/mol. The van der Waals surface area contributed by atoms with Gasteiger partial charge in [0.1, 0.15) is 7.14 Å². The highest BCUT2D eigenvalue weighted by Gasteiger charge is 2.15. The van der Waals surface area contributed by atoms with Crippen LogP contribution in [0, 0.1) is 0 Å². The third kappa shape index (κ3) is 2.27. The van der Waals surface area contributed by atoms with E-state index in [4.69, 9.17) is 0 Å². The number of carbonyl (C=O) groups excluding carboxylic acids is 1. The summed E-state index contributed by atoms with van der Waals surface area (Å²) >= 11 is 0. The molecule has 0 bridgehead atoms. The van der Waals surface area contributed by atoms with Crippen LogP contribution in [0.15, 0.2) is 0 Å². The lowest BCUT2D eigenvalue weighted by Gasteiger charge is -1.99. The van der Waals surface area contributed by atoms with Crippen molar-refractivity contribution in [3.05, 3.63) is 0 Å². The van der Waals surface area contributed by atoms with Crippen molar-refractivity contribution in [3.8, 4) is 0 Å². The summed E-state index contributed by atoms with van der Waals surface area (Å²) in [7, 11) is -2.40. The molecule has 0 spiro atoms. The highest BCUT2D eigenvalue weighted by Crippen LogP contribution is 2.37. The summed E-state index contributed by atoms with van der Waals surface area (Å²) in [6.45, 7) is 4.72. The number of hydrogen-bond acceptors (Lipinski definition) is 2. The van der Waals surface area contributed by atoms with E-state index in [-0.39, 0.29) is 5.52 Å². The lowest BCUT2D eigenvalue weighted by atomic mass is 10.6. The molecule has 0 atom stereocenters. The first-order valence-corrected chi connectivity index (χ1v) is 5.17. The maximum absolute atomic E-state index is 10.8. The Bertz CT molecular complexity index is 133. The summed E-state index contributed by atoms with van der Waals surface area (Å²) < 4.78 is 10.8. The van der Waals surface area contributed by atoms with Crippen LogP contribution in [0.3, 0.4) is 0 Å². The standard InChI is InChI=1S/C5H11O2P/c1-4-5(6)8(2,3)7/h4H2,1-3H3. The quantitative estimate of drug-likeness (QED) is 0.537. The first-order valence-electron chi connectivity index (χ1n) is 2.57. The second-order valence-electron chi connectivity index (χ2n) is 2.10. The predicted octanol–water partition coefficient (Wildman–Crippen LogP) is 1.55. The molecule has 0 aliphatic carbocycles. The zero-order valence-corrected chi connectivity index (χ0v) is 6.37. The minimum Gasteiger partial charge on any atom is -0.316 e. The normalized spacial score (nSPS) is 11.4. The fraction of sp³-hybridized carbons (Fsp3) is 0.800. The van der Waals surface area contributed by atoms with Gasteiger partial charge < -0.3 is 4.57 Å². The van der Waals surface area contributed by atoms with Crippen LogP contribution in [0.5, 0.6) is 0 Å². The van der Waals surface area contributed by atoms with Crippen LogP contribution >= 0.6 is 7.14 Å². The maximum Gasteiger partial charge on any atom is 0.190 e. The van der Waals surface area contributed by atoms with Crippen LogP contribution in [0.2, 0.25) is 0 Å². The molecule has 0 heterocycles. The van der Waals surface area contributed by atoms with Crippen LogP contribution in [-0.4, -0.2) is 18.9 Å². The molecule has 0 aromatic carbocycles. The van der Waals surface area contributed by atoms with E-state index in [2.05, 4.69) is 0 Å². The molecular formula is C5H11O2P. The topological polar surface area (TPSA) is 34.1 Å². The highest BCUT2D eigenvalue weighted by molar-refractivity contribution is 7.79. The van der Waals surface area contributed by atoms with Crippen molar-refractivity contribution in [1.82, 2.24) is 0 Å². The van der Waals surface area contributed by atoms with Gasteiger partial charge in [0, 0.05) is 6.42 Å². The first kappa shape index (κ1) is 7.90. The average molecular weight is 134 g/mol. The van der Waals surface area contributed by atoms with Crippen LogP contribution in [-0.2, 0) is 9.36 Å². The Balaban J connectivity index is 4.04. The van der Waals surface area contributed by atoms with Crippen molar-refractivity contribution >= 4 is 12.7 Å². The molecule has 0 rings (SSSR count). The summed E-state index contributed by atoms with van der Waals surface area (Å²) in [5, 5.41) is 0. The Morgan fingerprint density at radius 3 is 1.88 bits per heavy atom. The molecule has 2 nitrogen and oxygen atoms in total. The molecule has 0 saturated heterocycles. The van der Waals surface area contributed by atoms with E-state index in [1.165, 1.54) is 13.3 Å². The Morgan fingerprint density at radius 1 is 1.50 bits per heavy atom. The smallest absolute Gasteiger partial charge is 0.190 e. The molecule has 0 fully saturated rings. The summed E-state index contributed by atoms with van der Waals surface area (Å²) in [6.07, 6.45) is 0.393. The second kappa shape index (κ2) is 2.45. The van der Waals surface area contributed by atoms with E-state index in [0.717, 1.165) is 0 Å². The second-order valence-corrected chi connectivity index (χ2v) is 5.30. The van der Waals surface area contributed by atoms with Crippen molar-refractivity contribution < 1.29 is 9.36 Å². The van der Waals surface area contributed by atoms with E-state index in [1.54, 1.807) is 6.92 Å². The van der Waals surface area contributed by atoms with E-state index in [9.17, 15) is 9.36 Å². The summed E-state index contributed by atoms with van der Waals surface area (Å²) in [5.41, 5.74) is -0.113. The van der Waals surface area contributed by atoms with Crippen LogP contribution in [0.25, 0.3) is 0 Å². The number of hydrogen-bond donors (Lipinski definition) is 0. The van der Waals surface area contributed by atoms with Gasteiger partial charge >= 0.3 is 0 Å². The summed E-state index contributed by atoms with van der Waals surface area (Å²) in [6, 6.07) is 0. The van der Waals surface area contributed by atoms with E-state index in [1.807, 2.05) is 0 Å². The molecule has 0 aliphatic heterocycles. The maximum atomic E-state index is 10.8. The molecule has 8 heavy (non-hydrogen) atoms. The molecule has 0 unspecified atom stereocenters. The van der Waals surface area contributed by atoms with Crippen LogP contribution < -0.4 is 0 Å². The van der Waals surface area contributed by atoms with Crippen molar-refractivity contribution in [2.24, 2.45) is 0 Å². The Hall–Kier alpha value is -0.100. The van der Waals surface area contributed by atoms with Crippen molar-refractivity contribution in [2.45, 2.75) is 13.3 Å². The van der Waals surface area contributed by atoms with Gasteiger partial charge in [0.05, 0.1) is 0 Å². The fourth-order valence-electron chi connectivity index (χ4n) is 0.381. The number of carbonyl (C=O) groups is 1. The van der Waals surface area contributed by atoms with E-state index >= 15 is 0 Å². The van der Waals surface area contributed by atoms with Crippen molar-refractivity contribution in [2.75, 3.05) is 13.3 Å². The SMILES string of the molecule is CCC(=O)P(C)(C)=O. The fourth-order valence-corrected chi connectivity index (χ4v) is 1.14. The molecule has 0 amide bonds. The summed E-state index contributed by atoms with van der Waals surface area (Å²) in [5.74, 6) is 0. The minimum absolute atomic E-state index is 0.113. The largest absolute Gasteiger partial charge is 0.316 e. The van der Waals surface area contributed by atoms with Gasteiger partial charge in [0.2, 0.25) is 0 Å². The van der Waals surface area contributed by atoms with Gasteiger partial charge in [-0.2, -0.15) is 0 Å². The third-order valence-electron chi connectivity index (χ3n) is 0.903. The monoisotopic (exact) mass is 134 g/mol. The molecule has 48 valence electrons. The number of rotatable bonds is 2. The van der Waals surface area contributed by atoms with E-state index < -0.39 is 7.14 Å². The van der Waals surface area contributed by atoms with Gasteiger partial charge in [-0.05, 0) is 13.3 Å². The van der Waals surface area contributed by atoms with Gasteiger partial charge in [-0.3, -0.25) is 4.79 Å². The zero-order valence-electron chi connectivity index (χ0n) is 5.47. The van der Waals surface area contributed by atoms with Gasteiger partial charge in [-0.15, -0.1) is 0 Å². The van der Waals surface area contributed by atoms with Crippen molar-refractivity contribution in [3.63, 3.8) is 0 Å². The van der Waals surface area contributed by atoms with Crippen LogP contribution in [0.1, 0.15) is 13.3 Å². The third-order valence-corrected chi connectivity index (χ3v) is 2.42. The molecular weight excluding hydrogens is 123 g/mol. The molecule has 0 aliphatic rings. The Kier molecular flexibility index (Phi) is 2.42. The van der Waals surface area contributed by atoms with Crippen molar-refractivity contribution in [1.29, 1.82) is 0 Å². The Labute approximate surface area is 49.7 Å². The Morgan fingerprint density at radius 2 is 1.88 bits per heavy atom. The molecule has 0 N–H and O–H groups in total. The molecule has 0 saturated carbocycles. The lowest BCUT2D eigenvalue weighted by molar-refractivity contribution is -0.111. The zero-order chi connectivity index (χ0) is 6.78. The minimum atomic E-state index is -2.40.